The highest BCUT2D eigenvalue weighted by atomic mass is 32.1. The Balaban J connectivity index is 2.22. The molecule has 0 bridgehead atoms. The van der Waals surface area contributed by atoms with Crippen LogP contribution in [0.3, 0.4) is 0 Å². The summed E-state index contributed by atoms with van der Waals surface area (Å²) in [7, 11) is 0. The fraction of sp³-hybridized carbons (Fsp3) is 0.250. The molecule has 0 spiro atoms. The van der Waals surface area contributed by atoms with Crippen LogP contribution in [0.2, 0.25) is 0 Å². The Bertz CT molecular complexity index is 464. The number of hydrazine groups is 1. The van der Waals surface area contributed by atoms with Crippen LogP contribution in [0.5, 0.6) is 0 Å². The van der Waals surface area contributed by atoms with Crippen molar-refractivity contribution in [3.05, 3.63) is 51.7 Å². The highest BCUT2D eigenvalue weighted by molar-refractivity contribution is 7.09. The van der Waals surface area contributed by atoms with Crippen molar-refractivity contribution in [2.45, 2.75) is 19.4 Å². The number of hydrogen-bond acceptors (Lipinski definition) is 4. The van der Waals surface area contributed by atoms with Crippen LogP contribution in [0.25, 0.3) is 0 Å². The molecule has 90 valence electrons. The third-order valence-electron chi connectivity index (χ3n) is 2.53. The lowest BCUT2D eigenvalue weighted by Gasteiger charge is -2.15. The molecule has 3 N–H and O–H groups in total. The fourth-order valence-corrected chi connectivity index (χ4v) is 2.43. The van der Waals surface area contributed by atoms with Crippen LogP contribution in [0.15, 0.2) is 29.8 Å². The lowest BCUT2D eigenvalue weighted by Crippen LogP contribution is -2.29. The molecule has 2 rings (SSSR count). The largest absolute Gasteiger partial charge is 0.271 e. The molecule has 1 aromatic carbocycles. The number of halogens is 1. The summed E-state index contributed by atoms with van der Waals surface area (Å²) in [6, 6.07) is 4.82. The van der Waals surface area contributed by atoms with E-state index in [0.29, 0.717) is 6.42 Å². The molecule has 0 radical (unpaired) electrons. The van der Waals surface area contributed by atoms with Gasteiger partial charge in [-0.05, 0) is 30.2 Å². The predicted molar refractivity (Wildman–Crippen MR) is 67.0 cm³/mol. The Morgan fingerprint density at radius 3 is 2.88 bits per heavy atom. The summed E-state index contributed by atoms with van der Waals surface area (Å²) >= 11 is 1.57. The second-order valence-electron chi connectivity index (χ2n) is 3.91. The molecule has 0 saturated heterocycles. The smallest absolute Gasteiger partial charge is 0.123 e. The molecule has 1 aromatic heterocycles. The van der Waals surface area contributed by atoms with Crippen molar-refractivity contribution in [2.75, 3.05) is 0 Å². The van der Waals surface area contributed by atoms with Crippen LogP contribution < -0.4 is 11.3 Å². The van der Waals surface area contributed by atoms with E-state index in [-0.39, 0.29) is 11.9 Å². The Morgan fingerprint density at radius 2 is 2.29 bits per heavy atom. The van der Waals surface area contributed by atoms with Crippen molar-refractivity contribution in [3.63, 3.8) is 0 Å². The molecule has 17 heavy (non-hydrogen) atoms. The van der Waals surface area contributed by atoms with Gasteiger partial charge < -0.3 is 0 Å². The zero-order valence-electron chi connectivity index (χ0n) is 9.48. The van der Waals surface area contributed by atoms with E-state index >= 15 is 0 Å². The van der Waals surface area contributed by atoms with E-state index in [9.17, 15) is 4.39 Å². The van der Waals surface area contributed by atoms with Gasteiger partial charge in [0.15, 0.2) is 0 Å². The molecule has 0 aliphatic heterocycles. The summed E-state index contributed by atoms with van der Waals surface area (Å²) in [4.78, 5) is 4.20. The van der Waals surface area contributed by atoms with Gasteiger partial charge in [0.2, 0.25) is 0 Å². The van der Waals surface area contributed by atoms with E-state index in [1.54, 1.807) is 17.5 Å². The molecule has 5 heteroatoms. The summed E-state index contributed by atoms with van der Waals surface area (Å²) in [6.45, 7) is 1.86. The first-order valence-corrected chi connectivity index (χ1v) is 6.18. The van der Waals surface area contributed by atoms with Crippen molar-refractivity contribution in [3.8, 4) is 0 Å². The topological polar surface area (TPSA) is 50.9 Å². The third-order valence-corrected chi connectivity index (χ3v) is 3.33. The van der Waals surface area contributed by atoms with Gasteiger partial charge in [-0.25, -0.2) is 9.37 Å². The standard InChI is InChI=1S/C12H14FN3S/c1-8-4-9(6-10(13)5-8)11(16-14)7-12-15-2-3-17-12/h2-6,11,16H,7,14H2,1H3. The predicted octanol–water partition coefficient (Wildman–Crippen LogP) is 2.34. The van der Waals surface area contributed by atoms with E-state index in [0.717, 1.165) is 16.1 Å². The number of nitrogens with zero attached hydrogens (tertiary/aromatic N) is 1. The average molecular weight is 251 g/mol. The van der Waals surface area contributed by atoms with Gasteiger partial charge in [0.05, 0.1) is 11.0 Å². The number of hydrogen-bond donors (Lipinski definition) is 2. The molecule has 1 unspecified atom stereocenters. The Hall–Kier alpha value is -1.30. The first kappa shape index (κ1) is 12.2. The molecular weight excluding hydrogens is 237 g/mol. The van der Waals surface area contributed by atoms with Gasteiger partial charge in [-0.1, -0.05) is 6.07 Å². The van der Waals surface area contributed by atoms with E-state index in [2.05, 4.69) is 10.4 Å². The van der Waals surface area contributed by atoms with Gasteiger partial charge >= 0.3 is 0 Å². The monoisotopic (exact) mass is 251 g/mol. The second-order valence-corrected chi connectivity index (χ2v) is 4.89. The highest BCUT2D eigenvalue weighted by Gasteiger charge is 2.13. The Kier molecular flexibility index (Phi) is 3.83. The van der Waals surface area contributed by atoms with Crippen LogP contribution in [0.1, 0.15) is 22.2 Å². The van der Waals surface area contributed by atoms with E-state index in [1.807, 2.05) is 18.4 Å². The minimum atomic E-state index is -0.237. The normalized spacial score (nSPS) is 12.6. The van der Waals surface area contributed by atoms with Gasteiger partial charge in [-0.3, -0.25) is 11.3 Å². The lowest BCUT2D eigenvalue weighted by molar-refractivity contribution is 0.543. The molecular formula is C12H14FN3S. The molecule has 1 heterocycles. The zero-order chi connectivity index (χ0) is 12.3. The number of rotatable bonds is 4. The van der Waals surface area contributed by atoms with E-state index < -0.39 is 0 Å². The van der Waals surface area contributed by atoms with Crippen molar-refractivity contribution in [1.82, 2.24) is 10.4 Å². The van der Waals surface area contributed by atoms with Gasteiger partial charge in [0.1, 0.15) is 5.82 Å². The molecule has 0 aliphatic carbocycles. The van der Waals surface area contributed by atoms with Crippen LogP contribution in [-0.4, -0.2) is 4.98 Å². The molecule has 0 saturated carbocycles. The quantitative estimate of drug-likeness (QED) is 0.648. The summed E-state index contributed by atoms with van der Waals surface area (Å²) in [5.74, 6) is 5.29. The van der Waals surface area contributed by atoms with Crippen LogP contribution in [0.4, 0.5) is 4.39 Å². The van der Waals surface area contributed by atoms with E-state index in [4.69, 9.17) is 5.84 Å². The van der Waals surface area contributed by atoms with Gasteiger partial charge in [-0.2, -0.15) is 0 Å². The number of thiazole rings is 1. The van der Waals surface area contributed by atoms with Gasteiger partial charge in [-0.15, -0.1) is 11.3 Å². The minimum absolute atomic E-state index is 0.115. The van der Waals surface area contributed by atoms with Gasteiger partial charge in [0.25, 0.3) is 0 Å². The summed E-state index contributed by atoms with van der Waals surface area (Å²) in [6.07, 6.45) is 2.42. The Labute approximate surface area is 103 Å². The zero-order valence-corrected chi connectivity index (χ0v) is 10.3. The molecule has 0 aliphatic rings. The first-order valence-electron chi connectivity index (χ1n) is 5.30. The van der Waals surface area contributed by atoms with Crippen molar-refractivity contribution >= 4 is 11.3 Å². The fourth-order valence-electron chi connectivity index (χ4n) is 1.77. The lowest BCUT2D eigenvalue weighted by atomic mass is 10.0. The SMILES string of the molecule is Cc1cc(F)cc(C(Cc2nccs2)NN)c1. The number of benzene rings is 1. The molecule has 3 nitrogen and oxygen atoms in total. The van der Waals surface area contributed by atoms with Crippen LogP contribution in [-0.2, 0) is 6.42 Å². The maximum atomic E-state index is 13.3. The van der Waals surface area contributed by atoms with Crippen molar-refractivity contribution in [1.29, 1.82) is 0 Å². The first-order chi connectivity index (χ1) is 8.19. The van der Waals surface area contributed by atoms with Gasteiger partial charge in [0, 0.05) is 18.0 Å². The summed E-state index contributed by atoms with van der Waals surface area (Å²) in [5.41, 5.74) is 4.45. The summed E-state index contributed by atoms with van der Waals surface area (Å²) in [5, 5.41) is 2.90. The average Bonchev–Trinajstić information content (AvgIpc) is 2.77. The number of aryl methyl sites for hydroxylation is 1. The third kappa shape index (κ3) is 3.09. The van der Waals surface area contributed by atoms with Crippen LogP contribution >= 0.6 is 11.3 Å². The summed E-state index contributed by atoms with van der Waals surface area (Å²) < 4.78 is 13.3. The second kappa shape index (κ2) is 5.35. The van der Waals surface area contributed by atoms with Crippen molar-refractivity contribution in [2.24, 2.45) is 5.84 Å². The van der Waals surface area contributed by atoms with Crippen molar-refractivity contribution < 1.29 is 4.39 Å². The maximum Gasteiger partial charge on any atom is 0.123 e. The number of aromatic nitrogens is 1. The minimum Gasteiger partial charge on any atom is -0.271 e. The number of nitrogens with two attached hydrogens (primary N) is 1. The van der Waals surface area contributed by atoms with E-state index in [1.165, 1.54) is 12.1 Å². The molecule has 0 fully saturated rings. The highest BCUT2D eigenvalue weighted by Crippen LogP contribution is 2.21. The molecule has 0 amide bonds. The maximum absolute atomic E-state index is 13.3. The Morgan fingerprint density at radius 1 is 1.47 bits per heavy atom. The molecule has 2 aromatic rings. The van der Waals surface area contributed by atoms with Crippen LogP contribution in [0, 0.1) is 12.7 Å². The number of nitrogens with one attached hydrogen (secondary N) is 1. The molecule has 1 atom stereocenters.